The third kappa shape index (κ3) is 4.30. The second-order valence-corrected chi connectivity index (χ2v) is 5.76. The average molecular weight is 314 g/mol. The van der Waals surface area contributed by atoms with Crippen LogP contribution in [0.15, 0.2) is 6.07 Å². The summed E-state index contributed by atoms with van der Waals surface area (Å²) in [4.78, 5) is 14.8. The first-order valence-electron chi connectivity index (χ1n) is 6.45. The Kier molecular flexibility index (Phi) is 5.50. The van der Waals surface area contributed by atoms with Crippen LogP contribution in [0.3, 0.4) is 0 Å². The van der Waals surface area contributed by atoms with Crippen LogP contribution >= 0.6 is 11.6 Å². The van der Waals surface area contributed by atoms with Gasteiger partial charge in [0.1, 0.15) is 11.2 Å². The molecule has 7 heteroatoms. The Labute approximate surface area is 127 Å². The monoisotopic (exact) mass is 313 g/mol. The molecule has 1 heterocycles. The van der Waals surface area contributed by atoms with Crippen molar-refractivity contribution in [2.45, 2.75) is 39.7 Å². The fourth-order valence-electron chi connectivity index (χ4n) is 1.75. The van der Waals surface area contributed by atoms with Crippen molar-refractivity contribution in [2.75, 3.05) is 5.32 Å². The van der Waals surface area contributed by atoms with Gasteiger partial charge in [-0.05, 0) is 17.9 Å². The predicted octanol–water partition coefficient (Wildman–Crippen LogP) is 3.44. The lowest BCUT2D eigenvalue weighted by Crippen LogP contribution is -2.38. The van der Waals surface area contributed by atoms with Crippen molar-refractivity contribution in [3.8, 4) is 6.07 Å². The van der Waals surface area contributed by atoms with E-state index in [0.717, 1.165) is 6.07 Å². The molecule has 1 unspecified atom stereocenters. The summed E-state index contributed by atoms with van der Waals surface area (Å²) >= 11 is 5.78. The zero-order chi connectivity index (χ0) is 16.2. The van der Waals surface area contributed by atoms with Gasteiger partial charge in [0.25, 0.3) is 0 Å². The molecule has 1 aromatic rings. The fourth-order valence-corrected chi connectivity index (χ4v) is 1.94. The molecule has 1 aromatic heterocycles. The van der Waals surface area contributed by atoms with Crippen LogP contribution < -0.4 is 5.32 Å². The molecule has 0 bridgehead atoms. The molecule has 0 aromatic carbocycles. The lowest BCUT2D eigenvalue weighted by molar-refractivity contribution is -0.137. The van der Waals surface area contributed by atoms with Gasteiger partial charge < -0.3 is 10.4 Å². The van der Waals surface area contributed by atoms with Crippen molar-refractivity contribution in [3.63, 3.8) is 0 Å². The molecule has 0 spiro atoms. The summed E-state index contributed by atoms with van der Waals surface area (Å²) in [6.07, 6.45) is 0.517. The van der Waals surface area contributed by atoms with Crippen molar-refractivity contribution >= 4 is 23.4 Å². The van der Waals surface area contributed by atoms with Crippen molar-refractivity contribution in [3.05, 3.63) is 22.6 Å². The number of nitriles is 1. The van der Waals surface area contributed by atoms with Crippen LogP contribution in [0.2, 0.25) is 5.15 Å². The normalized spacial score (nSPS) is 12.6. The van der Waals surface area contributed by atoms with E-state index in [0.29, 0.717) is 6.42 Å². The van der Waals surface area contributed by atoms with E-state index in [1.54, 1.807) is 6.07 Å². The zero-order valence-electron chi connectivity index (χ0n) is 12.1. The van der Waals surface area contributed by atoms with Gasteiger partial charge in [0.05, 0.1) is 12.0 Å². The summed E-state index contributed by atoms with van der Waals surface area (Å²) in [6, 6.07) is 2.19. The molecule has 0 aliphatic carbocycles. The van der Waals surface area contributed by atoms with Crippen molar-refractivity contribution < 1.29 is 14.3 Å². The molecule has 1 atom stereocenters. The minimum absolute atomic E-state index is 0.0655. The molecular formula is C14H17ClFN3O2. The molecule has 0 radical (unpaired) electrons. The minimum atomic E-state index is -0.992. The van der Waals surface area contributed by atoms with Crippen molar-refractivity contribution in [1.82, 2.24) is 4.98 Å². The van der Waals surface area contributed by atoms with Crippen LogP contribution in [-0.4, -0.2) is 22.1 Å². The Morgan fingerprint density at radius 3 is 2.76 bits per heavy atom. The van der Waals surface area contributed by atoms with Crippen LogP contribution in [0, 0.1) is 22.6 Å². The highest BCUT2D eigenvalue weighted by Gasteiger charge is 2.31. The number of hydrogen-bond donors (Lipinski definition) is 2. The standard InChI is InChI=1S/C14H17ClFN3O2/c1-4-14(2,3)10(6-11(20)21)18-13-9(16)5-8(7-17)12(15)19-13/h5,10H,4,6H2,1-3H3,(H,18,19)(H,20,21). The molecule has 1 rings (SSSR count). The van der Waals surface area contributed by atoms with Gasteiger partial charge in [0, 0.05) is 6.04 Å². The van der Waals surface area contributed by atoms with E-state index in [9.17, 15) is 9.18 Å². The third-order valence-corrected chi connectivity index (χ3v) is 3.88. The van der Waals surface area contributed by atoms with Crippen LogP contribution in [-0.2, 0) is 4.79 Å². The Balaban J connectivity index is 3.13. The second kappa shape index (κ2) is 6.72. The van der Waals surface area contributed by atoms with Gasteiger partial charge in [0.2, 0.25) is 0 Å². The Bertz CT molecular complexity index is 584. The summed E-state index contributed by atoms with van der Waals surface area (Å²) < 4.78 is 13.9. The summed E-state index contributed by atoms with van der Waals surface area (Å²) in [7, 11) is 0. The summed E-state index contributed by atoms with van der Waals surface area (Å²) in [5, 5.41) is 20.4. The van der Waals surface area contributed by atoms with E-state index in [-0.39, 0.29) is 28.4 Å². The highest BCUT2D eigenvalue weighted by molar-refractivity contribution is 6.30. The summed E-state index contributed by atoms with van der Waals surface area (Å²) in [6.45, 7) is 5.69. The van der Waals surface area contributed by atoms with E-state index < -0.39 is 17.8 Å². The number of carboxylic acid groups (broad SMARTS) is 1. The number of rotatable bonds is 6. The Hall–Kier alpha value is -1.87. The SMILES string of the molecule is CCC(C)(C)C(CC(=O)O)Nc1nc(Cl)c(C#N)cc1F. The van der Waals surface area contributed by atoms with E-state index in [1.807, 2.05) is 20.8 Å². The lowest BCUT2D eigenvalue weighted by atomic mass is 9.80. The molecule has 0 saturated carbocycles. The van der Waals surface area contributed by atoms with Crippen LogP contribution in [0.4, 0.5) is 10.2 Å². The number of aromatic nitrogens is 1. The molecule has 0 saturated heterocycles. The highest BCUT2D eigenvalue weighted by atomic mass is 35.5. The summed E-state index contributed by atoms with van der Waals surface area (Å²) in [5.41, 5.74) is -0.448. The summed E-state index contributed by atoms with van der Waals surface area (Å²) in [5.74, 6) is -1.88. The first-order valence-corrected chi connectivity index (χ1v) is 6.83. The number of carbonyl (C=O) groups is 1. The zero-order valence-corrected chi connectivity index (χ0v) is 12.8. The predicted molar refractivity (Wildman–Crippen MR) is 77.7 cm³/mol. The number of aliphatic carboxylic acids is 1. The molecule has 0 fully saturated rings. The van der Waals surface area contributed by atoms with Crippen LogP contribution in [0.25, 0.3) is 0 Å². The first-order chi connectivity index (χ1) is 9.71. The van der Waals surface area contributed by atoms with Gasteiger partial charge in [-0.2, -0.15) is 5.26 Å². The van der Waals surface area contributed by atoms with E-state index in [4.69, 9.17) is 22.0 Å². The number of carboxylic acids is 1. The van der Waals surface area contributed by atoms with Gasteiger partial charge in [-0.25, -0.2) is 9.37 Å². The number of anilines is 1. The Morgan fingerprint density at radius 2 is 2.29 bits per heavy atom. The van der Waals surface area contributed by atoms with Gasteiger partial charge >= 0.3 is 5.97 Å². The molecule has 5 nitrogen and oxygen atoms in total. The maximum absolute atomic E-state index is 13.9. The van der Waals surface area contributed by atoms with Gasteiger partial charge in [-0.3, -0.25) is 4.79 Å². The molecule has 0 aliphatic rings. The minimum Gasteiger partial charge on any atom is -0.481 e. The Morgan fingerprint density at radius 1 is 1.67 bits per heavy atom. The molecular weight excluding hydrogens is 297 g/mol. The number of nitrogens with zero attached hydrogens (tertiary/aromatic N) is 2. The smallest absolute Gasteiger partial charge is 0.305 e. The lowest BCUT2D eigenvalue weighted by Gasteiger charge is -2.33. The average Bonchev–Trinajstić information content (AvgIpc) is 2.41. The topological polar surface area (TPSA) is 86.0 Å². The van der Waals surface area contributed by atoms with Crippen LogP contribution in [0.1, 0.15) is 39.2 Å². The number of nitrogens with one attached hydrogen (secondary N) is 1. The van der Waals surface area contributed by atoms with E-state index in [1.165, 1.54) is 0 Å². The van der Waals surface area contributed by atoms with Crippen molar-refractivity contribution in [1.29, 1.82) is 5.26 Å². The number of halogens is 2. The first kappa shape index (κ1) is 17.2. The molecule has 0 aliphatic heterocycles. The maximum Gasteiger partial charge on any atom is 0.305 e. The highest BCUT2D eigenvalue weighted by Crippen LogP contribution is 2.30. The maximum atomic E-state index is 13.9. The van der Waals surface area contributed by atoms with E-state index >= 15 is 0 Å². The van der Waals surface area contributed by atoms with Crippen molar-refractivity contribution in [2.24, 2.45) is 5.41 Å². The molecule has 0 amide bonds. The third-order valence-electron chi connectivity index (χ3n) is 3.59. The fraction of sp³-hybridized carbons (Fsp3) is 0.500. The van der Waals surface area contributed by atoms with Crippen LogP contribution in [0.5, 0.6) is 0 Å². The van der Waals surface area contributed by atoms with Gasteiger partial charge in [-0.15, -0.1) is 0 Å². The van der Waals surface area contributed by atoms with Gasteiger partial charge in [0.15, 0.2) is 11.6 Å². The number of hydrogen-bond acceptors (Lipinski definition) is 4. The van der Waals surface area contributed by atoms with E-state index in [2.05, 4.69) is 10.3 Å². The largest absolute Gasteiger partial charge is 0.481 e. The number of pyridine rings is 1. The second-order valence-electron chi connectivity index (χ2n) is 5.41. The molecule has 114 valence electrons. The molecule has 2 N–H and O–H groups in total. The quantitative estimate of drug-likeness (QED) is 0.786. The molecule has 21 heavy (non-hydrogen) atoms. The van der Waals surface area contributed by atoms with Gasteiger partial charge in [-0.1, -0.05) is 32.4 Å².